The molecule has 1 aliphatic heterocycles. The second-order valence-electron chi connectivity index (χ2n) is 10.5. The van der Waals surface area contributed by atoms with E-state index in [9.17, 15) is 37.1 Å². The van der Waals surface area contributed by atoms with Crippen molar-refractivity contribution in [3.8, 4) is 0 Å². The van der Waals surface area contributed by atoms with Crippen molar-refractivity contribution in [3.05, 3.63) is 28.8 Å². The average Bonchev–Trinajstić information content (AvgIpc) is 3.50. The summed E-state index contributed by atoms with van der Waals surface area (Å²) in [6.07, 6.45) is -4.18. The number of hydrogen-bond donors (Lipinski definition) is 4. The molecule has 0 radical (unpaired) electrons. The van der Waals surface area contributed by atoms with Crippen molar-refractivity contribution in [3.63, 3.8) is 0 Å². The van der Waals surface area contributed by atoms with Crippen molar-refractivity contribution in [1.82, 2.24) is 16.0 Å². The van der Waals surface area contributed by atoms with Crippen LogP contribution in [0, 0.1) is 23.2 Å². The summed E-state index contributed by atoms with van der Waals surface area (Å²) in [5, 5.41) is 10.1. The molecule has 9 nitrogen and oxygen atoms in total. The lowest BCUT2D eigenvalue weighted by molar-refractivity contribution is -0.180. The largest absolute Gasteiger partial charge is 0.392 e. The molecule has 1 unspecified atom stereocenters. The molecule has 38 heavy (non-hydrogen) atoms. The smallest absolute Gasteiger partial charge is 0.353 e. The number of hydrogen-bond acceptors (Lipinski definition) is 5. The molecule has 3 saturated carbocycles. The van der Waals surface area contributed by atoms with Crippen LogP contribution in [0.15, 0.2) is 18.2 Å². The highest BCUT2D eigenvalue weighted by Gasteiger charge is 2.66. The molecule has 3 aliphatic carbocycles. The van der Waals surface area contributed by atoms with Crippen LogP contribution in [-0.2, 0) is 19.2 Å². The van der Waals surface area contributed by atoms with Gasteiger partial charge in [-0.05, 0) is 63.1 Å². The Balaban J connectivity index is 1.53. The number of ketones is 1. The van der Waals surface area contributed by atoms with Crippen molar-refractivity contribution in [1.29, 1.82) is 0 Å². The number of Topliss-reactive ketones (excluding diaryl/α,β-unsaturated/α-hetero) is 1. The van der Waals surface area contributed by atoms with Crippen molar-refractivity contribution in [2.24, 2.45) is 23.2 Å². The molecule has 4 fully saturated rings. The zero-order valence-electron chi connectivity index (χ0n) is 20.7. The van der Waals surface area contributed by atoms with Gasteiger partial charge in [-0.1, -0.05) is 11.6 Å². The number of rotatable bonds is 8. The third-order valence-electron chi connectivity index (χ3n) is 7.85. The van der Waals surface area contributed by atoms with E-state index in [1.165, 1.54) is 25.2 Å². The van der Waals surface area contributed by atoms with Gasteiger partial charge in [-0.25, -0.2) is 0 Å². The maximum absolute atomic E-state index is 13.3. The van der Waals surface area contributed by atoms with Crippen molar-refractivity contribution in [2.45, 2.75) is 57.3 Å². The van der Waals surface area contributed by atoms with Crippen LogP contribution >= 0.6 is 11.6 Å². The predicted molar refractivity (Wildman–Crippen MR) is 130 cm³/mol. The van der Waals surface area contributed by atoms with E-state index in [0.717, 1.165) is 0 Å². The molecule has 4 atom stereocenters. The van der Waals surface area contributed by atoms with E-state index in [1.54, 1.807) is 6.92 Å². The first kappa shape index (κ1) is 27.9. The molecule has 206 valence electrons. The van der Waals surface area contributed by atoms with Gasteiger partial charge in [0.2, 0.25) is 17.6 Å². The normalized spacial score (nSPS) is 28.6. The molecular weight excluding hydrogens is 529 g/mol. The molecule has 1 heterocycles. The first-order valence-electron chi connectivity index (χ1n) is 12.3. The molecular formula is C25H28ClF3N4O5. The zero-order chi connectivity index (χ0) is 28.0. The van der Waals surface area contributed by atoms with Gasteiger partial charge in [0.25, 0.3) is 11.8 Å². The molecule has 0 spiro atoms. The first-order chi connectivity index (χ1) is 17.7. The minimum absolute atomic E-state index is 0.00329. The Labute approximate surface area is 221 Å². The number of carbonyl (C=O) groups excluding carboxylic acids is 5. The van der Waals surface area contributed by atoms with E-state index in [0.29, 0.717) is 6.42 Å². The maximum Gasteiger partial charge on any atom is 0.392 e. The Bertz CT molecular complexity index is 1180. The number of alkyl halides is 3. The third-order valence-corrected chi connectivity index (χ3v) is 8.09. The third kappa shape index (κ3) is 5.36. The molecule has 4 N–H and O–H groups in total. The van der Waals surface area contributed by atoms with Crippen LogP contribution in [0.5, 0.6) is 0 Å². The number of anilines is 1. The molecule has 0 aromatic heterocycles. The van der Waals surface area contributed by atoms with Gasteiger partial charge in [0.15, 0.2) is 0 Å². The lowest BCUT2D eigenvalue weighted by Crippen LogP contribution is -2.48. The zero-order valence-corrected chi connectivity index (χ0v) is 21.5. The predicted octanol–water partition coefficient (Wildman–Crippen LogP) is 2.59. The number of halogens is 4. The van der Waals surface area contributed by atoms with Crippen LogP contribution in [-0.4, -0.2) is 54.7 Å². The summed E-state index contributed by atoms with van der Waals surface area (Å²) in [6.45, 7) is 1.79. The summed E-state index contributed by atoms with van der Waals surface area (Å²) in [4.78, 5) is 63.4. The highest BCUT2D eigenvalue weighted by atomic mass is 35.5. The van der Waals surface area contributed by atoms with Gasteiger partial charge in [0.05, 0.1) is 28.6 Å². The summed E-state index contributed by atoms with van der Waals surface area (Å²) < 4.78 is 39.9. The summed E-state index contributed by atoms with van der Waals surface area (Å²) >= 11 is 6.07. The van der Waals surface area contributed by atoms with Gasteiger partial charge in [0.1, 0.15) is 0 Å². The minimum atomic E-state index is -4.38. The Kier molecular flexibility index (Phi) is 7.48. The Hall–Kier alpha value is -3.15. The van der Waals surface area contributed by atoms with Crippen LogP contribution < -0.4 is 21.3 Å². The van der Waals surface area contributed by atoms with E-state index < -0.39 is 58.9 Å². The van der Waals surface area contributed by atoms with Gasteiger partial charge >= 0.3 is 6.18 Å². The number of carbonyl (C=O) groups is 5. The van der Waals surface area contributed by atoms with Gasteiger partial charge < -0.3 is 21.3 Å². The lowest BCUT2D eigenvalue weighted by Gasteiger charge is -2.37. The van der Waals surface area contributed by atoms with Gasteiger partial charge in [-0.3, -0.25) is 24.0 Å². The van der Waals surface area contributed by atoms with Crippen LogP contribution in [0.25, 0.3) is 0 Å². The molecule has 13 heteroatoms. The summed E-state index contributed by atoms with van der Waals surface area (Å²) in [5.41, 5.74) is -1.30. The van der Waals surface area contributed by atoms with Crippen LogP contribution in [0.3, 0.4) is 0 Å². The minimum Gasteiger partial charge on any atom is -0.353 e. The summed E-state index contributed by atoms with van der Waals surface area (Å²) in [5.74, 6) is -6.42. The SMILES string of the molecule is CNC(=O)C(=O)[C@H](C[C@@H]1C[C@@H](C)NC1=O)NC(=O)c1cc(Cl)ccc1NC(=O)C12CC(C1)C(C(F)(F)F)C2. The second-order valence-corrected chi connectivity index (χ2v) is 10.9. The van der Waals surface area contributed by atoms with E-state index in [4.69, 9.17) is 11.6 Å². The Morgan fingerprint density at radius 2 is 1.87 bits per heavy atom. The number of nitrogens with one attached hydrogen (secondary N) is 4. The van der Waals surface area contributed by atoms with Crippen LogP contribution in [0.1, 0.15) is 49.4 Å². The van der Waals surface area contributed by atoms with E-state index in [-0.39, 0.29) is 53.9 Å². The quantitative estimate of drug-likeness (QED) is 0.365. The number of amides is 4. The first-order valence-corrected chi connectivity index (χ1v) is 12.7. The molecule has 4 aliphatic rings. The van der Waals surface area contributed by atoms with Crippen molar-refractivity contribution in [2.75, 3.05) is 12.4 Å². The lowest BCUT2D eigenvalue weighted by atomic mass is 9.68. The molecule has 1 saturated heterocycles. The van der Waals surface area contributed by atoms with Crippen LogP contribution in [0.4, 0.5) is 18.9 Å². The average molecular weight is 557 g/mol. The summed E-state index contributed by atoms with van der Waals surface area (Å²) in [7, 11) is 1.25. The molecule has 1 aromatic carbocycles. The summed E-state index contributed by atoms with van der Waals surface area (Å²) in [6, 6.07) is 2.51. The van der Waals surface area contributed by atoms with Gasteiger partial charge in [-0.2, -0.15) is 13.2 Å². The molecule has 2 bridgehead atoms. The van der Waals surface area contributed by atoms with Gasteiger partial charge in [0, 0.05) is 24.0 Å². The Morgan fingerprint density at radius 3 is 2.42 bits per heavy atom. The van der Waals surface area contributed by atoms with Crippen molar-refractivity contribution >= 4 is 46.7 Å². The van der Waals surface area contributed by atoms with E-state index in [2.05, 4.69) is 21.3 Å². The van der Waals surface area contributed by atoms with Gasteiger partial charge in [-0.15, -0.1) is 0 Å². The fraction of sp³-hybridized carbons (Fsp3) is 0.560. The topological polar surface area (TPSA) is 133 Å². The Morgan fingerprint density at radius 1 is 1.18 bits per heavy atom. The molecule has 5 rings (SSSR count). The van der Waals surface area contributed by atoms with E-state index >= 15 is 0 Å². The van der Waals surface area contributed by atoms with Crippen molar-refractivity contribution < 1.29 is 37.1 Å². The fourth-order valence-electron chi connectivity index (χ4n) is 5.90. The monoisotopic (exact) mass is 556 g/mol. The van der Waals surface area contributed by atoms with E-state index in [1.807, 2.05) is 0 Å². The fourth-order valence-corrected chi connectivity index (χ4v) is 6.07. The molecule has 1 aromatic rings. The number of benzene rings is 1. The highest BCUT2D eigenvalue weighted by Crippen LogP contribution is 2.65. The maximum atomic E-state index is 13.3. The van der Waals surface area contributed by atoms with Crippen LogP contribution in [0.2, 0.25) is 5.02 Å². The molecule has 4 amide bonds. The second kappa shape index (κ2) is 10.2. The standard InChI is InChI=1S/C25H28ClF3N4O5/c1-11-5-12(20(35)31-11)6-18(19(34)22(37)30-2)32-21(36)15-7-14(26)3-4-17(15)33-23(38)24-8-13(9-24)16(10-24)25(27,28)29/h3-4,7,11-13,16,18H,5-6,8-10H2,1-2H3,(H,30,37)(H,31,35)(H,32,36)(H,33,38)/t11-,12+,13?,16?,18+,24?/m1/s1. The number of likely N-dealkylation sites (N-methyl/N-ethyl adjacent to an activating group) is 1. The highest BCUT2D eigenvalue weighted by molar-refractivity contribution is 6.38. The number of fused-ring (bicyclic) bond motifs is 1.